The molecule has 0 radical (unpaired) electrons. The number of amidine groups is 1. The molecule has 3 aromatic carbocycles. The fraction of sp³-hybridized carbons (Fsp3) is 0.154. The van der Waals surface area contributed by atoms with Crippen molar-refractivity contribution in [3.05, 3.63) is 83.4 Å². The van der Waals surface area contributed by atoms with E-state index in [2.05, 4.69) is 15.3 Å². The Morgan fingerprint density at radius 1 is 1.16 bits per heavy atom. The quantitative estimate of drug-likeness (QED) is 0.167. The van der Waals surface area contributed by atoms with Crippen molar-refractivity contribution in [1.29, 1.82) is 5.41 Å². The van der Waals surface area contributed by atoms with E-state index in [1.807, 2.05) is 12.1 Å². The van der Waals surface area contributed by atoms with E-state index in [1.165, 1.54) is 18.2 Å². The number of aromatic nitrogens is 2. The molecule has 0 spiro atoms. The van der Waals surface area contributed by atoms with E-state index in [1.54, 1.807) is 37.3 Å². The van der Waals surface area contributed by atoms with Gasteiger partial charge in [0.05, 0.1) is 29.7 Å². The molecule has 0 aliphatic rings. The van der Waals surface area contributed by atoms with E-state index in [4.69, 9.17) is 21.0 Å². The van der Waals surface area contributed by atoms with Gasteiger partial charge in [0.25, 0.3) is 0 Å². The summed E-state index contributed by atoms with van der Waals surface area (Å²) >= 11 is 0. The lowest BCUT2D eigenvalue weighted by atomic mass is 10.2. The number of aliphatic carboxylic acids is 1. The molecule has 0 fully saturated rings. The number of rotatable bonds is 9. The number of imidazole rings is 1. The summed E-state index contributed by atoms with van der Waals surface area (Å²) in [7, 11) is 0. The molecule has 4 aromatic rings. The molecule has 1 amide bonds. The number of nitrogen functional groups attached to an aromatic ring is 1. The van der Waals surface area contributed by atoms with Crippen LogP contribution in [0.15, 0.2) is 60.7 Å². The van der Waals surface area contributed by atoms with E-state index in [0.717, 1.165) is 16.1 Å². The lowest BCUT2D eigenvalue weighted by Gasteiger charge is -2.22. The number of H-pyrrole nitrogens is 1. The Morgan fingerprint density at radius 2 is 1.89 bits per heavy atom. The predicted molar refractivity (Wildman–Crippen MR) is 138 cm³/mol. The van der Waals surface area contributed by atoms with Crippen LogP contribution in [-0.4, -0.2) is 39.5 Å². The number of halogens is 1. The zero-order valence-corrected chi connectivity index (χ0v) is 19.9. The number of benzene rings is 3. The number of anilines is 2. The first kappa shape index (κ1) is 25.2. The maximum absolute atomic E-state index is 14.4. The van der Waals surface area contributed by atoms with Gasteiger partial charge in [0.15, 0.2) is 0 Å². The second-order valence-corrected chi connectivity index (χ2v) is 8.23. The Kier molecular flexibility index (Phi) is 7.33. The highest BCUT2D eigenvalue weighted by Crippen LogP contribution is 2.28. The minimum atomic E-state index is -1.13. The number of fused-ring (bicyclic) bond motifs is 1. The van der Waals surface area contributed by atoms with Crippen LogP contribution in [0.25, 0.3) is 11.0 Å². The molecule has 6 N–H and O–H groups in total. The van der Waals surface area contributed by atoms with Gasteiger partial charge in [-0.05, 0) is 55.5 Å². The van der Waals surface area contributed by atoms with Crippen molar-refractivity contribution in [2.75, 3.05) is 16.8 Å². The van der Waals surface area contributed by atoms with Crippen molar-refractivity contribution in [3.63, 3.8) is 0 Å². The molecule has 0 bridgehead atoms. The smallest absolute Gasteiger partial charge is 0.419 e. The van der Waals surface area contributed by atoms with E-state index in [-0.39, 0.29) is 30.2 Å². The number of para-hydroxylation sites is 1. The Balaban J connectivity index is 1.51. The average Bonchev–Trinajstić information content (AvgIpc) is 3.30. The molecular formula is C26H25FN6O4. The Bertz CT molecular complexity index is 1470. The number of hydrogen-bond acceptors (Lipinski definition) is 6. The van der Waals surface area contributed by atoms with E-state index in [0.29, 0.717) is 29.0 Å². The van der Waals surface area contributed by atoms with Crippen LogP contribution >= 0.6 is 0 Å². The average molecular weight is 505 g/mol. The first-order valence-electron chi connectivity index (χ1n) is 11.3. The van der Waals surface area contributed by atoms with Crippen LogP contribution in [0.1, 0.15) is 23.4 Å². The summed E-state index contributed by atoms with van der Waals surface area (Å²) in [5.74, 6) is -0.932. The van der Waals surface area contributed by atoms with Gasteiger partial charge >= 0.3 is 12.1 Å². The summed E-state index contributed by atoms with van der Waals surface area (Å²) in [4.78, 5) is 32.8. The van der Waals surface area contributed by atoms with Crippen molar-refractivity contribution in [2.45, 2.75) is 19.9 Å². The Morgan fingerprint density at radius 3 is 2.57 bits per heavy atom. The van der Waals surface area contributed by atoms with Gasteiger partial charge in [0.2, 0.25) is 0 Å². The van der Waals surface area contributed by atoms with Gasteiger partial charge in [-0.3, -0.25) is 15.1 Å². The van der Waals surface area contributed by atoms with E-state index < -0.39 is 17.9 Å². The van der Waals surface area contributed by atoms with Crippen LogP contribution in [0, 0.1) is 18.2 Å². The van der Waals surface area contributed by atoms with E-state index in [9.17, 15) is 14.0 Å². The summed E-state index contributed by atoms with van der Waals surface area (Å²) in [6.07, 6.45) is -1.28. The van der Waals surface area contributed by atoms with Crippen LogP contribution in [0.5, 0.6) is 5.75 Å². The van der Waals surface area contributed by atoms with Gasteiger partial charge in [-0.1, -0.05) is 12.1 Å². The van der Waals surface area contributed by atoms with Crippen LogP contribution in [0.4, 0.5) is 20.6 Å². The Hall–Kier alpha value is -4.93. The van der Waals surface area contributed by atoms with Crippen LogP contribution in [-0.2, 0) is 11.3 Å². The summed E-state index contributed by atoms with van der Waals surface area (Å²) in [6, 6.07) is 16.0. The number of amides is 1. The predicted octanol–water partition coefficient (Wildman–Crippen LogP) is 4.39. The largest absolute Gasteiger partial charge is 0.481 e. The molecule has 1 aromatic heterocycles. The highest BCUT2D eigenvalue weighted by atomic mass is 19.1. The maximum Gasteiger partial charge on any atom is 0.419 e. The van der Waals surface area contributed by atoms with Crippen LogP contribution in [0.2, 0.25) is 0 Å². The summed E-state index contributed by atoms with van der Waals surface area (Å²) in [6.45, 7) is 1.87. The molecule has 1 heterocycles. The van der Waals surface area contributed by atoms with Gasteiger partial charge in [0.1, 0.15) is 23.2 Å². The minimum absolute atomic E-state index is 0.00489. The molecule has 0 atom stereocenters. The SMILES string of the molecule is Cc1c(OC(=O)N(CCC(=O)O)c2ccccc2F)ccc2[nH]c(CNc3ccc(C(=N)N)cc3)nc12. The maximum atomic E-state index is 14.4. The number of aryl methyl sites for hydroxylation is 1. The molecule has 0 saturated carbocycles. The monoisotopic (exact) mass is 504 g/mol. The minimum Gasteiger partial charge on any atom is -0.481 e. The number of nitrogens with zero attached hydrogens (tertiary/aromatic N) is 2. The highest BCUT2D eigenvalue weighted by molar-refractivity contribution is 5.95. The molecule has 0 aliphatic heterocycles. The first-order chi connectivity index (χ1) is 17.7. The van der Waals surface area contributed by atoms with Crippen molar-refractivity contribution in [1.82, 2.24) is 9.97 Å². The summed E-state index contributed by atoms with van der Waals surface area (Å²) in [5, 5.41) is 19.8. The molecule has 0 saturated heterocycles. The molecule has 0 unspecified atom stereocenters. The Labute approximate surface area is 211 Å². The molecule has 190 valence electrons. The third-order valence-corrected chi connectivity index (χ3v) is 5.67. The van der Waals surface area contributed by atoms with Crippen molar-refractivity contribution >= 4 is 40.3 Å². The van der Waals surface area contributed by atoms with Crippen LogP contribution in [0.3, 0.4) is 0 Å². The number of nitrogens with two attached hydrogens (primary N) is 1. The zero-order chi connectivity index (χ0) is 26.5. The lowest BCUT2D eigenvalue weighted by Crippen LogP contribution is -2.36. The number of nitrogens with one attached hydrogen (secondary N) is 3. The number of carboxylic acids is 1. The van der Waals surface area contributed by atoms with Gasteiger partial charge in [0, 0.05) is 23.4 Å². The normalized spacial score (nSPS) is 10.8. The third kappa shape index (κ3) is 5.84. The topological polar surface area (TPSA) is 157 Å². The number of aromatic amines is 1. The third-order valence-electron chi connectivity index (χ3n) is 5.67. The highest BCUT2D eigenvalue weighted by Gasteiger charge is 2.23. The van der Waals surface area contributed by atoms with Crippen molar-refractivity contribution in [3.8, 4) is 5.75 Å². The van der Waals surface area contributed by atoms with Gasteiger partial charge < -0.3 is 25.9 Å². The molecule has 11 heteroatoms. The lowest BCUT2D eigenvalue weighted by molar-refractivity contribution is -0.136. The van der Waals surface area contributed by atoms with Gasteiger partial charge in [-0.2, -0.15) is 0 Å². The van der Waals surface area contributed by atoms with Crippen molar-refractivity contribution in [2.24, 2.45) is 5.73 Å². The second kappa shape index (κ2) is 10.8. The summed E-state index contributed by atoms with van der Waals surface area (Å²) in [5.41, 5.74) is 8.78. The van der Waals surface area contributed by atoms with Crippen LogP contribution < -0.4 is 20.7 Å². The first-order valence-corrected chi connectivity index (χ1v) is 11.3. The number of carbonyl (C=O) groups is 2. The molecule has 4 rings (SSSR count). The molecule has 10 nitrogen and oxygen atoms in total. The summed E-state index contributed by atoms with van der Waals surface area (Å²) < 4.78 is 19.9. The number of ether oxygens (including phenoxy) is 1. The standard InChI is InChI=1S/C26H25FN6O4/c1-15-21(37-26(36)33(13-12-23(34)35)20-5-3-2-4-18(20)27)11-10-19-24(15)32-22(31-19)14-30-17-8-6-16(7-9-17)25(28)29/h2-11,30H,12-14H2,1H3,(H3,28,29)(H,31,32)(H,34,35). The van der Waals surface area contributed by atoms with E-state index >= 15 is 0 Å². The van der Waals surface area contributed by atoms with Gasteiger partial charge in [-0.15, -0.1) is 0 Å². The zero-order valence-electron chi connectivity index (χ0n) is 19.9. The fourth-order valence-electron chi connectivity index (χ4n) is 3.73. The fourth-order valence-corrected chi connectivity index (χ4v) is 3.73. The van der Waals surface area contributed by atoms with Crippen molar-refractivity contribution < 1.29 is 23.8 Å². The number of hydrogen-bond donors (Lipinski definition) is 5. The number of carboxylic acid groups (broad SMARTS) is 1. The number of carbonyl (C=O) groups excluding carboxylic acids is 1. The molecule has 37 heavy (non-hydrogen) atoms. The van der Waals surface area contributed by atoms with Gasteiger partial charge in [-0.25, -0.2) is 14.2 Å². The molecule has 0 aliphatic carbocycles. The molecular weight excluding hydrogens is 479 g/mol. The second-order valence-electron chi connectivity index (χ2n) is 8.23.